The van der Waals surface area contributed by atoms with Gasteiger partial charge in [-0.2, -0.15) is 0 Å². The number of hydrogen-bond acceptors (Lipinski definition) is 4. The molecule has 0 aliphatic rings. The van der Waals surface area contributed by atoms with Crippen LogP contribution in [0, 0.1) is 11.8 Å². The van der Waals surface area contributed by atoms with Gasteiger partial charge in [0, 0.05) is 6.54 Å². The number of nitrogens with zero attached hydrogens (tertiary/aromatic N) is 3. The maximum Gasteiger partial charge on any atom is 0.234 e. The summed E-state index contributed by atoms with van der Waals surface area (Å²) < 4.78 is 1.83. The van der Waals surface area contributed by atoms with Gasteiger partial charge in [0.25, 0.3) is 0 Å². The molecule has 1 aromatic rings. The Bertz CT molecular complexity index is 374. The molecule has 102 valence electrons. The molecule has 6 nitrogen and oxygen atoms in total. The van der Waals surface area contributed by atoms with Crippen LogP contribution in [0.1, 0.15) is 32.9 Å². The average molecular weight is 253 g/mol. The van der Waals surface area contributed by atoms with Crippen LogP contribution in [0.25, 0.3) is 0 Å². The Labute approximate surface area is 108 Å². The minimum Gasteiger partial charge on any atom is -0.349 e. The first-order valence-electron chi connectivity index (χ1n) is 6.37. The largest absolute Gasteiger partial charge is 0.349 e. The van der Waals surface area contributed by atoms with Gasteiger partial charge < -0.3 is 11.1 Å². The highest BCUT2D eigenvalue weighted by Gasteiger charge is 2.08. The van der Waals surface area contributed by atoms with E-state index >= 15 is 0 Å². The van der Waals surface area contributed by atoms with Crippen LogP contribution in [0.3, 0.4) is 0 Å². The first-order chi connectivity index (χ1) is 8.51. The molecule has 0 fully saturated rings. The fraction of sp³-hybridized carbons (Fsp3) is 0.750. The highest BCUT2D eigenvalue weighted by molar-refractivity contribution is 5.77. The second kappa shape index (κ2) is 7.10. The summed E-state index contributed by atoms with van der Waals surface area (Å²) in [7, 11) is 0. The third kappa shape index (κ3) is 5.27. The van der Waals surface area contributed by atoms with Crippen molar-refractivity contribution in [3.8, 4) is 0 Å². The number of rotatable bonds is 7. The molecule has 6 heteroatoms. The molecule has 0 saturated carbocycles. The van der Waals surface area contributed by atoms with E-state index in [4.69, 9.17) is 5.73 Å². The van der Waals surface area contributed by atoms with Crippen molar-refractivity contribution in [1.82, 2.24) is 20.3 Å². The van der Waals surface area contributed by atoms with E-state index in [9.17, 15) is 4.79 Å². The number of aromatic nitrogens is 3. The molecular weight excluding hydrogens is 230 g/mol. The molecule has 18 heavy (non-hydrogen) atoms. The summed E-state index contributed by atoms with van der Waals surface area (Å²) in [6.07, 6.45) is 3.03. The zero-order valence-electron chi connectivity index (χ0n) is 11.4. The highest BCUT2D eigenvalue weighted by atomic mass is 16.1. The fourth-order valence-corrected chi connectivity index (χ4v) is 1.97. The Balaban J connectivity index is 2.40. The summed E-state index contributed by atoms with van der Waals surface area (Å²) >= 11 is 0. The molecule has 1 aromatic heterocycles. The van der Waals surface area contributed by atoms with Crippen LogP contribution in [-0.4, -0.2) is 27.4 Å². The SMILES string of the molecule is CC(C)CC(C)Cn1cc(CNC(=O)CN)nn1. The number of nitrogens with two attached hydrogens (primary N) is 1. The summed E-state index contributed by atoms with van der Waals surface area (Å²) in [5.74, 6) is 1.07. The number of carbonyl (C=O) groups is 1. The van der Waals surface area contributed by atoms with Crippen molar-refractivity contribution >= 4 is 5.91 Å². The van der Waals surface area contributed by atoms with Crippen molar-refractivity contribution in [3.05, 3.63) is 11.9 Å². The van der Waals surface area contributed by atoms with E-state index in [1.807, 2.05) is 10.9 Å². The van der Waals surface area contributed by atoms with Crippen LogP contribution in [0.2, 0.25) is 0 Å². The van der Waals surface area contributed by atoms with Crippen molar-refractivity contribution in [3.63, 3.8) is 0 Å². The maximum atomic E-state index is 11.0. The van der Waals surface area contributed by atoms with E-state index in [0.29, 0.717) is 18.4 Å². The Morgan fingerprint density at radius 2 is 2.22 bits per heavy atom. The number of carbonyl (C=O) groups excluding carboxylic acids is 1. The number of nitrogens with one attached hydrogen (secondary N) is 1. The second-order valence-corrected chi connectivity index (χ2v) is 5.15. The van der Waals surface area contributed by atoms with Gasteiger partial charge in [0.1, 0.15) is 5.69 Å². The van der Waals surface area contributed by atoms with Crippen molar-refractivity contribution < 1.29 is 4.79 Å². The maximum absolute atomic E-state index is 11.0. The van der Waals surface area contributed by atoms with Crippen LogP contribution in [0.15, 0.2) is 6.20 Å². The van der Waals surface area contributed by atoms with Crippen molar-refractivity contribution in [1.29, 1.82) is 0 Å². The van der Waals surface area contributed by atoms with Crippen LogP contribution in [-0.2, 0) is 17.9 Å². The van der Waals surface area contributed by atoms with Gasteiger partial charge in [0.05, 0.1) is 19.3 Å². The second-order valence-electron chi connectivity index (χ2n) is 5.15. The number of hydrogen-bond donors (Lipinski definition) is 2. The van der Waals surface area contributed by atoms with Gasteiger partial charge in [-0.25, -0.2) is 0 Å². The summed E-state index contributed by atoms with van der Waals surface area (Å²) in [5, 5.41) is 10.7. The van der Waals surface area contributed by atoms with Gasteiger partial charge in [-0.1, -0.05) is 26.0 Å². The topological polar surface area (TPSA) is 85.8 Å². The quantitative estimate of drug-likeness (QED) is 0.742. The van der Waals surface area contributed by atoms with Gasteiger partial charge in [-0.3, -0.25) is 9.48 Å². The molecule has 1 amide bonds. The smallest absolute Gasteiger partial charge is 0.234 e. The molecule has 0 radical (unpaired) electrons. The molecule has 0 bridgehead atoms. The van der Waals surface area contributed by atoms with Gasteiger partial charge in [-0.05, 0) is 18.3 Å². The molecule has 0 saturated heterocycles. The third-order valence-electron chi connectivity index (χ3n) is 2.61. The Hall–Kier alpha value is -1.43. The van der Waals surface area contributed by atoms with Crippen molar-refractivity contribution in [2.75, 3.05) is 6.54 Å². The van der Waals surface area contributed by atoms with E-state index in [2.05, 4.69) is 36.4 Å². The predicted molar refractivity (Wildman–Crippen MR) is 69.5 cm³/mol. The van der Waals surface area contributed by atoms with E-state index in [1.165, 1.54) is 6.42 Å². The molecule has 0 aromatic carbocycles. The first-order valence-corrected chi connectivity index (χ1v) is 6.37. The average Bonchev–Trinajstić information content (AvgIpc) is 2.72. The lowest BCUT2D eigenvalue weighted by molar-refractivity contribution is -0.119. The fourth-order valence-electron chi connectivity index (χ4n) is 1.97. The lowest BCUT2D eigenvalue weighted by Crippen LogP contribution is -2.29. The normalized spacial score (nSPS) is 12.7. The molecule has 1 rings (SSSR count). The summed E-state index contributed by atoms with van der Waals surface area (Å²) in [6, 6.07) is 0. The van der Waals surface area contributed by atoms with Crippen molar-refractivity contribution in [2.24, 2.45) is 17.6 Å². The van der Waals surface area contributed by atoms with Crippen LogP contribution in [0.5, 0.6) is 0 Å². The molecule has 1 heterocycles. The van der Waals surface area contributed by atoms with E-state index in [0.717, 1.165) is 12.2 Å². The molecule has 0 aliphatic carbocycles. The van der Waals surface area contributed by atoms with E-state index in [-0.39, 0.29) is 12.5 Å². The molecular formula is C12H23N5O. The molecule has 0 spiro atoms. The Morgan fingerprint density at radius 1 is 1.50 bits per heavy atom. The van der Waals surface area contributed by atoms with E-state index < -0.39 is 0 Å². The number of amides is 1. The van der Waals surface area contributed by atoms with Crippen LogP contribution < -0.4 is 11.1 Å². The minimum atomic E-state index is -0.183. The van der Waals surface area contributed by atoms with Crippen molar-refractivity contribution in [2.45, 2.75) is 40.3 Å². The summed E-state index contributed by atoms with van der Waals surface area (Å²) in [5.41, 5.74) is 5.96. The zero-order chi connectivity index (χ0) is 13.5. The van der Waals surface area contributed by atoms with Gasteiger partial charge in [-0.15, -0.1) is 5.10 Å². The molecule has 3 N–H and O–H groups in total. The zero-order valence-corrected chi connectivity index (χ0v) is 11.4. The lowest BCUT2D eigenvalue weighted by atomic mass is 9.99. The van der Waals surface area contributed by atoms with Crippen LogP contribution >= 0.6 is 0 Å². The summed E-state index contributed by atoms with van der Waals surface area (Å²) in [6.45, 7) is 7.87. The van der Waals surface area contributed by atoms with E-state index in [1.54, 1.807) is 0 Å². The molecule has 1 unspecified atom stereocenters. The molecule has 0 aliphatic heterocycles. The summed E-state index contributed by atoms with van der Waals surface area (Å²) in [4.78, 5) is 11.0. The van der Waals surface area contributed by atoms with Gasteiger partial charge in [0.2, 0.25) is 5.91 Å². The highest BCUT2D eigenvalue weighted by Crippen LogP contribution is 2.12. The standard InChI is InChI=1S/C12H23N5O/c1-9(2)4-10(3)7-17-8-11(15-16-17)6-14-12(18)5-13/h8-10H,4-7,13H2,1-3H3,(H,14,18). The Kier molecular flexibility index (Phi) is 5.77. The Morgan fingerprint density at radius 3 is 2.83 bits per heavy atom. The van der Waals surface area contributed by atoms with Gasteiger partial charge >= 0.3 is 0 Å². The lowest BCUT2D eigenvalue weighted by Gasteiger charge is -2.12. The predicted octanol–water partition coefficient (Wildman–Crippen LogP) is 0.535. The third-order valence-corrected chi connectivity index (χ3v) is 2.61. The minimum absolute atomic E-state index is 0.000437. The first kappa shape index (κ1) is 14.6. The monoisotopic (exact) mass is 253 g/mol. The van der Waals surface area contributed by atoms with Gasteiger partial charge in [0.15, 0.2) is 0 Å². The molecule has 1 atom stereocenters. The van der Waals surface area contributed by atoms with Crippen LogP contribution in [0.4, 0.5) is 0 Å².